The van der Waals surface area contributed by atoms with Gasteiger partial charge in [0.05, 0.1) is 5.39 Å². The standard InChI is InChI=1S/C14H15N5O2S/c1-19-6-7(10-11(15)17-14(16)18-12(10)19)2-3-8-4-5-9(22-8)13(20)21/h4-6H,2-3H2,1H3,(H,20,21)(H4,15,16,17,18). The Morgan fingerprint density at radius 2 is 2.09 bits per heavy atom. The van der Waals surface area contributed by atoms with E-state index in [0.29, 0.717) is 16.3 Å². The van der Waals surface area contributed by atoms with E-state index in [1.165, 1.54) is 11.3 Å². The van der Waals surface area contributed by atoms with Gasteiger partial charge in [-0.3, -0.25) is 0 Å². The first-order chi connectivity index (χ1) is 10.5. The van der Waals surface area contributed by atoms with Crippen LogP contribution in [-0.4, -0.2) is 25.6 Å². The molecule has 22 heavy (non-hydrogen) atoms. The first-order valence-electron chi connectivity index (χ1n) is 6.64. The number of carboxylic acid groups (broad SMARTS) is 1. The second-order valence-corrected chi connectivity index (χ2v) is 6.17. The van der Waals surface area contributed by atoms with Gasteiger partial charge in [-0.1, -0.05) is 0 Å². The second-order valence-electron chi connectivity index (χ2n) is 5.00. The van der Waals surface area contributed by atoms with Crippen molar-refractivity contribution < 1.29 is 9.90 Å². The highest BCUT2D eigenvalue weighted by molar-refractivity contribution is 7.13. The van der Waals surface area contributed by atoms with Gasteiger partial charge < -0.3 is 21.1 Å². The van der Waals surface area contributed by atoms with Crippen molar-refractivity contribution in [2.24, 2.45) is 7.05 Å². The zero-order valence-electron chi connectivity index (χ0n) is 11.9. The Bertz CT molecular complexity index is 868. The summed E-state index contributed by atoms with van der Waals surface area (Å²) in [6, 6.07) is 3.47. The summed E-state index contributed by atoms with van der Waals surface area (Å²) < 4.78 is 1.87. The number of aromatic nitrogens is 3. The number of carbonyl (C=O) groups is 1. The molecule has 0 saturated heterocycles. The van der Waals surface area contributed by atoms with Crippen LogP contribution in [0.15, 0.2) is 18.3 Å². The van der Waals surface area contributed by atoms with Gasteiger partial charge >= 0.3 is 5.97 Å². The van der Waals surface area contributed by atoms with Crippen molar-refractivity contribution in [3.8, 4) is 0 Å². The number of nitrogen functional groups attached to an aromatic ring is 2. The number of hydrogen-bond acceptors (Lipinski definition) is 6. The van der Waals surface area contributed by atoms with Crippen molar-refractivity contribution in [2.45, 2.75) is 12.8 Å². The summed E-state index contributed by atoms with van der Waals surface area (Å²) in [5.74, 6) is -0.368. The molecule has 0 atom stereocenters. The van der Waals surface area contributed by atoms with Crippen LogP contribution in [0, 0.1) is 0 Å². The Morgan fingerprint density at radius 3 is 2.77 bits per heavy atom. The Morgan fingerprint density at radius 1 is 1.32 bits per heavy atom. The van der Waals surface area contributed by atoms with Gasteiger partial charge in [0.2, 0.25) is 5.95 Å². The van der Waals surface area contributed by atoms with Crippen LogP contribution in [0.5, 0.6) is 0 Å². The Hall–Kier alpha value is -2.61. The van der Waals surface area contributed by atoms with E-state index in [9.17, 15) is 4.79 Å². The maximum atomic E-state index is 10.9. The molecule has 0 radical (unpaired) electrons. The average molecular weight is 317 g/mol. The molecular formula is C14H15N5O2S. The van der Waals surface area contributed by atoms with Crippen molar-refractivity contribution in [2.75, 3.05) is 11.5 Å². The third-order valence-electron chi connectivity index (χ3n) is 3.45. The largest absolute Gasteiger partial charge is 0.477 e. The monoisotopic (exact) mass is 317 g/mol. The Balaban J connectivity index is 1.89. The van der Waals surface area contributed by atoms with E-state index in [0.717, 1.165) is 28.7 Å². The Labute approximate surface area is 130 Å². The molecule has 0 aromatic carbocycles. The van der Waals surface area contributed by atoms with Gasteiger partial charge in [-0.05, 0) is 30.5 Å². The van der Waals surface area contributed by atoms with Crippen molar-refractivity contribution in [1.29, 1.82) is 0 Å². The number of aromatic carboxylic acids is 1. The lowest BCUT2D eigenvalue weighted by Gasteiger charge is -2.01. The number of carboxylic acids is 1. The minimum absolute atomic E-state index is 0.155. The molecule has 0 aliphatic carbocycles. The normalized spacial score (nSPS) is 11.1. The number of nitrogens with two attached hydrogens (primary N) is 2. The van der Waals surface area contributed by atoms with Crippen molar-refractivity contribution in [3.63, 3.8) is 0 Å². The fourth-order valence-electron chi connectivity index (χ4n) is 2.48. The summed E-state index contributed by atoms with van der Waals surface area (Å²) in [5.41, 5.74) is 13.3. The van der Waals surface area contributed by atoms with Crippen LogP contribution in [0.1, 0.15) is 20.1 Å². The molecule has 0 saturated carbocycles. The summed E-state index contributed by atoms with van der Waals surface area (Å²) in [7, 11) is 1.88. The molecule has 3 rings (SSSR count). The SMILES string of the molecule is Cn1cc(CCc2ccc(C(=O)O)s2)c2c(N)nc(N)nc21. The summed E-state index contributed by atoms with van der Waals surface area (Å²) in [4.78, 5) is 20.5. The third kappa shape index (κ3) is 2.48. The smallest absolute Gasteiger partial charge is 0.345 e. The van der Waals surface area contributed by atoms with E-state index in [2.05, 4.69) is 9.97 Å². The highest BCUT2D eigenvalue weighted by Crippen LogP contribution is 2.26. The lowest BCUT2D eigenvalue weighted by Crippen LogP contribution is -2.02. The van der Waals surface area contributed by atoms with Crippen LogP contribution in [0.3, 0.4) is 0 Å². The lowest BCUT2D eigenvalue weighted by molar-refractivity contribution is 0.0702. The number of aryl methyl sites for hydroxylation is 3. The van der Waals surface area contributed by atoms with Crippen molar-refractivity contribution in [3.05, 3.63) is 33.6 Å². The predicted octanol–water partition coefficient (Wildman–Crippen LogP) is 1.68. The molecule has 5 N–H and O–H groups in total. The number of hydrogen-bond donors (Lipinski definition) is 3. The van der Waals surface area contributed by atoms with E-state index >= 15 is 0 Å². The maximum absolute atomic E-state index is 10.9. The van der Waals surface area contributed by atoms with Crippen molar-refractivity contribution in [1.82, 2.24) is 14.5 Å². The number of nitrogens with zero attached hydrogens (tertiary/aromatic N) is 3. The van der Waals surface area contributed by atoms with E-state index in [1.807, 2.05) is 23.9 Å². The van der Waals surface area contributed by atoms with Crippen LogP contribution < -0.4 is 11.5 Å². The van der Waals surface area contributed by atoms with Gasteiger partial charge in [0.1, 0.15) is 16.3 Å². The number of fused-ring (bicyclic) bond motifs is 1. The summed E-state index contributed by atoms with van der Waals surface area (Å²) in [6.07, 6.45) is 3.43. The van der Waals surface area contributed by atoms with Crippen LogP contribution in [0.25, 0.3) is 11.0 Å². The quantitative estimate of drug-likeness (QED) is 0.673. The molecule has 0 bridgehead atoms. The second kappa shape index (κ2) is 5.30. The van der Waals surface area contributed by atoms with E-state index < -0.39 is 5.97 Å². The zero-order valence-corrected chi connectivity index (χ0v) is 12.7. The van der Waals surface area contributed by atoms with Gasteiger partial charge in [0.25, 0.3) is 0 Å². The molecule has 3 aromatic heterocycles. The third-order valence-corrected chi connectivity index (χ3v) is 4.59. The number of thiophene rings is 1. The fourth-order valence-corrected chi connectivity index (χ4v) is 3.33. The molecule has 0 unspecified atom stereocenters. The van der Waals surface area contributed by atoms with Gasteiger partial charge in [0.15, 0.2) is 0 Å². The van der Waals surface area contributed by atoms with Crippen LogP contribution in [-0.2, 0) is 19.9 Å². The number of rotatable bonds is 4. The van der Waals surface area contributed by atoms with Crippen molar-refractivity contribution >= 4 is 40.1 Å². The molecule has 0 aliphatic rings. The highest BCUT2D eigenvalue weighted by Gasteiger charge is 2.14. The van der Waals surface area contributed by atoms with Crippen LogP contribution in [0.4, 0.5) is 11.8 Å². The zero-order chi connectivity index (χ0) is 15.9. The summed E-state index contributed by atoms with van der Waals surface area (Å²) in [5, 5.41) is 9.76. The van der Waals surface area contributed by atoms with Gasteiger partial charge in [-0.2, -0.15) is 9.97 Å². The summed E-state index contributed by atoms with van der Waals surface area (Å²) in [6.45, 7) is 0. The van der Waals surface area contributed by atoms with E-state index in [1.54, 1.807) is 6.07 Å². The highest BCUT2D eigenvalue weighted by atomic mass is 32.1. The molecule has 0 amide bonds. The fraction of sp³-hybridized carbons (Fsp3) is 0.214. The van der Waals surface area contributed by atoms with Crippen LogP contribution in [0.2, 0.25) is 0 Å². The lowest BCUT2D eigenvalue weighted by atomic mass is 10.1. The first kappa shape index (κ1) is 14.3. The molecule has 0 spiro atoms. The molecule has 3 aromatic rings. The minimum Gasteiger partial charge on any atom is -0.477 e. The first-order valence-corrected chi connectivity index (χ1v) is 7.46. The maximum Gasteiger partial charge on any atom is 0.345 e. The molecule has 8 heteroatoms. The average Bonchev–Trinajstić information content (AvgIpc) is 3.02. The van der Waals surface area contributed by atoms with Gasteiger partial charge in [0, 0.05) is 18.1 Å². The molecular weight excluding hydrogens is 302 g/mol. The topological polar surface area (TPSA) is 120 Å². The van der Waals surface area contributed by atoms with Gasteiger partial charge in [-0.15, -0.1) is 11.3 Å². The summed E-state index contributed by atoms with van der Waals surface area (Å²) >= 11 is 1.29. The Kier molecular flexibility index (Phi) is 3.45. The van der Waals surface area contributed by atoms with Crippen LogP contribution >= 0.6 is 11.3 Å². The van der Waals surface area contributed by atoms with E-state index in [4.69, 9.17) is 16.6 Å². The minimum atomic E-state index is -0.894. The molecule has 7 nitrogen and oxygen atoms in total. The molecule has 0 aliphatic heterocycles. The van der Waals surface area contributed by atoms with E-state index in [-0.39, 0.29) is 5.95 Å². The predicted molar refractivity (Wildman–Crippen MR) is 86.0 cm³/mol. The molecule has 0 fully saturated rings. The van der Waals surface area contributed by atoms with Gasteiger partial charge in [-0.25, -0.2) is 4.79 Å². The molecule has 114 valence electrons. The molecule has 3 heterocycles. The number of anilines is 2.